The van der Waals surface area contributed by atoms with E-state index in [9.17, 15) is 4.79 Å². The van der Waals surface area contributed by atoms with Gasteiger partial charge in [0.2, 0.25) is 5.91 Å². The highest BCUT2D eigenvalue weighted by Gasteiger charge is 2.00. The van der Waals surface area contributed by atoms with Crippen LogP contribution in [0.5, 0.6) is 0 Å². The van der Waals surface area contributed by atoms with Crippen molar-refractivity contribution in [3.05, 3.63) is 47.5 Å². The van der Waals surface area contributed by atoms with Crippen LogP contribution in [0.3, 0.4) is 0 Å². The lowest BCUT2D eigenvalue weighted by atomic mass is 10.1. The Hall–Kier alpha value is -1.90. The summed E-state index contributed by atoms with van der Waals surface area (Å²) in [6.45, 7) is 1.62. The summed E-state index contributed by atoms with van der Waals surface area (Å²) in [4.78, 5) is 10.8. The molecule has 16 heavy (non-hydrogen) atoms. The number of rotatable bonds is 5. The summed E-state index contributed by atoms with van der Waals surface area (Å²) in [5.74, 6) is -0.468. The molecule has 3 nitrogen and oxygen atoms in total. The maximum Gasteiger partial charge on any atom is 0.244 e. The molecule has 0 saturated heterocycles. The highest BCUT2D eigenvalue weighted by atomic mass is 16.1. The van der Waals surface area contributed by atoms with Crippen LogP contribution in [0.4, 0.5) is 0 Å². The van der Waals surface area contributed by atoms with Gasteiger partial charge in [0.05, 0.1) is 0 Å². The van der Waals surface area contributed by atoms with Crippen LogP contribution in [0.2, 0.25) is 0 Å². The lowest BCUT2D eigenvalue weighted by molar-refractivity contribution is -0.114. The van der Waals surface area contributed by atoms with E-state index in [2.05, 4.69) is 0 Å². The van der Waals surface area contributed by atoms with E-state index in [-0.39, 0.29) is 0 Å². The van der Waals surface area contributed by atoms with Crippen LogP contribution >= 0.6 is 0 Å². The number of nitrogens with one attached hydrogen (secondary N) is 1. The molecule has 84 valence electrons. The first-order chi connectivity index (χ1) is 7.59. The molecule has 0 heterocycles. The van der Waals surface area contributed by atoms with Crippen LogP contribution < -0.4 is 5.73 Å². The zero-order chi connectivity index (χ0) is 12.0. The molecule has 1 rings (SSSR count). The number of hydrogen-bond donors (Lipinski definition) is 2. The number of nitrogens with two attached hydrogens (primary N) is 1. The summed E-state index contributed by atoms with van der Waals surface area (Å²) in [6, 6.07) is 9.97. The largest absolute Gasteiger partial charge is 0.366 e. The molecule has 0 radical (unpaired) electrons. The second kappa shape index (κ2) is 5.85. The fourth-order valence-electron chi connectivity index (χ4n) is 1.33. The molecule has 0 aliphatic carbocycles. The van der Waals surface area contributed by atoms with Gasteiger partial charge in [0.1, 0.15) is 0 Å². The SMILES string of the molecule is C/C(=C\C(=N)CCc1ccccc1)C(N)=O. The summed E-state index contributed by atoms with van der Waals surface area (Å²) in [5, 5.41) is 7.68. The number of allylic oxidation sites excluding steroid dienone is 1. The van der Waals surface area contributed by atoms with E-state index >= 15 is 0 Å². The molecule has 0 aliphatic rings. The number of benzene rings is 1. The van der Waals surface area contributed by atoms with Crippen LogP contribution in [0, 0.1) is 5.41 Å². The fourth-order valence-corrected chi connectivity index (χ4v) is 1.33. The minimum absolute atomic E-state index is 0.429. The van der Waals surface area contributed by atoms with E-state index in [0.717, 1.165) is 6.42 Å². The minimum Gasteiger partial charge on any atom is -0.366 e. The summed E-state index contributed by atoms with van der Waals surface area (Å²) in [7, 11) is 0. The zero-order valence-corrected chi connectivity index (χ0v) is 9.36. The lowest BCUT2D eigenvalue weighted by Crippen LogP contribution is -2.13. The predicted octanol–water partition coefficient (Wildman–Crippen LogP) is 2.07. The maximum atomic E-state index is 10.8. The van der Waals surface area contributed by atoms with Gasteiger partial charge in [-0.05, 0) is 31.4 Å². The summed E-state index contributed by atoms with van der Waals surface area (Å²) < 4.78 is 0. The van der Waals surface area contributed by atoms with Crippen molar-refractivity contribution in [3.8, 4) is 0 Å². The van der Waals surface area contributed by atoms with Gasteiger partial charge in [-0.15, -0.1) is 0 Å². The van der Waals surface area contributed by atoms with E-state index in [1.165, 1.54) is 11.6 Å². The second-order valence-corrected chi connectivity index (χ2v) is 3.70. The maximum absolute atomic E-state index is 10.8. The van der Waals surface area contributed by atoms with Crippen LogP contribution in [0.25, 0.3) is 0 Å². The van der Waals surface area contributed by atoms with Gasteiger partial charge < -0.3 is 11.1 Å². The third kappa shape index (κ3) is 4.09. The summed E-state index contributed by atoms with van der Waals surface area (Å²) >= 11 is 0. The van der Waals surface area contributed by atoms with Gasteiger partial charge in [-0.2, -0.15) is 0 Å². The average molecular weight is 216 g/mol. The lowest BCUT2D eigenvalue weighted by Gasteiger charge is -2.01. The Morgan fingerprint density at radius 1 is 1.38 bits per heavy atom. The molecular weight excluding hydrogens is 200 g/mol. The van der Waals surface area contributed by atoms with Crippen molar-refractivity contribution in [2.75, 3.05) is 0 Å². The predicted molar refractivity (Wildman–Crippen MR) is 65.4 cm³/mol. The molecule has 0 aliphatic heterocycles. The van der Waals surface area contributed by atoms with E-state index in [1.54, 1.807) is 6.92 Å². The van der Waals surface area contributed by atoms with Crippen LogP contribution in [-0.2, 0) is 11.2 Å². The molecule has 1 aromatic rings. The Morgan fingerprint density at radius 2 is 2.00 bits per heavy atom. The number of hydrogen-bond acceptors (Lipinski definition) is 2. The van der Waals surface area contributed by atoms with Crippen LogP contribution in [0.1, 0.15) is 18.9 Å². The van der Waals surface area contributed by atoms with E-state index in [0.29, 0.717) is 17.7 Å². The molecule has 0 saturated carbocycles. The smallest absolute Gasteiger partial charge is 0.244 e. The molecule has 0 fully saturated rings. The van der Waals surface area contributed by atoms with Gasteiger partial charge in [-0.25, -0.2) is 0 Å². The Kier molecular flexibility index (Phi) is 4.45. The molecule has 0 atom stereocenters. The first-order valence-corrected chi connectivity index (χ1v) is 5.19. The molecule has 0 spiro atoms. The van der Waals surface area contributed by atoms with Crippen molar-refractivity contribution in [1.82, 2.24) is 0 Å². The van der Waals surface area contributed by atoms with E-state index in [1.807, 2.05) is 30.3 Å². The molecule has 3 heteroatoms. The topological polar surface area (TPSA) is 66.9 Å². The van der Waals surface area contributed by atoms with Crippen molar-refractivity contribution in [2.45, 2.75) is 19.8 Å². The number of amides is 1. The van der Waals surface area contributed by atoms with Gasteiger partial charge in [0, 0.05) is 11.3 Å². The van der Waals surface area contributed by atoms with Gasteiger partial charge in [0.25, 0.3) is 0 Å². The fraction of sp³-hybridized carbons (Fsp3) is 0.231. The molecule has 1 amide bonds. The van der Waals surface area contributed by atoms with Gasteiger partial charge in [0.15, 0.2) is 0 Å². The first-order valence-electron chi connectivity index (χ1n) is 5.19. The highest BCUT2D eigenvalue weighted by molar-refractivity contribution is 6.01. The first kappa shape index (κ1) is 12.2. The van der Waals surface area contributed by atoms with Gasteiger partial charge in [-0.3, -0.25) is 4.79 Å². The van der Waals surface area contributed by atoms with Crippen molar-refractivity contribution < 1.29 is 4.79 Å². The molecule has 0 unspecified atom stereocenters. The normalized spacial score (nSPS) is 11.2. The minimum atomic E-state index is -0.468. The summed E-state index contributed by atoms with van der Waals surface area (Å²) in [6.07, 6.45) is 2.96. The van der Waals surface area contributed by atoms with Crippen LogP contribution in [0.15, 0.2) is 42.0 Å². The standard InChI is InChI=1S/C13H16N2O/c1-10(13(15)16)9-12(14)8-7-11-5-3-2-4-6-11/h2-6,9,14H,7-8H2,1H3,(H2,15,16)/b10-9+,14-12?. The Morgan fingerprint density at radius 3 is 2.56 bits per heavy atom. The highest BCUT2D eigenvalue weighted by Crippen LogP contribution is 2.04. The van der Waals surface area contributed by atoms with Crippen molar-refractivity contribution in [2.24, 2.45) is 5.73 Å². The number of primary amides is 1. The van der Waals surface area contributed by atoms with Crippen molar-refractivity contribution in [1.29, 1.82) is 5.41 Å². The third-order valence-electron chi connectivity index (χ3n) is 2.31. The third-order valence-corrected chi connectivity index (χ3v) is 2.31. The average Bonchev–Trinajstić information content (AvgIpc) is 2.27. The van der Waals surface area contributed by atoms with Crippen LogP contribution in [-0.4, -0.2) is 11.6 Å². The Labute approximate surface area is 95.5 Å². The molecular formula is C13H16N2O. The van der Waals surface area contributed by atoms with Crippen molar-refractivity contribution in [3.63, 3.8) is 0 Å². The molecule has 3 N–H and O–H groups in total. The summed E-state index contributed by atoms with van der Waals surface area (Å²) in [5.41, 5.74) is 7.14. The molecule has 0 bridgehead atoms. The molecule has 1 aromatic carbocycles. The quantitative estimate of drug-likeness (QED) is 0.574. The Balaban J connectivity index is 2.48. The molecule has 0 aromatic heterocycles. The number of aryl methyl sites for hydroxylation is 1. The van der Waals surface area contributed by atoms with Gasteiger partial charge >= 0.3 is 0 Å². The second-order valence-electron chi connectivity index (χ2n) is 3.70. The zero-order valence-electron chi connectivity index (χ0n) is 9.36. The number of carbonyl (C=O) groups excluding carboxylic acids is 1. The Bertz CT molecular complexity index is 407. The van der Waals surface area contributed by atoms with E-state index in [4.69, 9.17) is 11.1 Å². The van der Waals surface area contributed by atoms with Gasteiger partial charge in [-0.1, -0.05) is 30.3 Å². The number of carbonyl (C=O) groups is 1. The van der Waals surface area contributed by atoms with E-state index < -0.39 is 5.91 Å². The van der Waals surface area contributed by atoms with Crippen molar-refractivity contribution >= 4 is 11.6 Å². The monoisotopic (exact) mass is 216 g/mol.